The van der Waals surface area contributed by atoms with Gasteiger partial charge in [0.1, 0.15) is 16.3 Å². The zero-order valence-corrected chi connectivity index (χ0v) is 16.2. The van der Waals surface area contributed by atoms with Crippen LogP contribution in [0.25, 0.3) is 22.3 Å². The molecule has 4 rings (SSSR count). The largest absolute Gasteiger partial charge is 0.382 e. The lowest BCUT2D eigenvalue weighted by Gasteiger charge is -2.12. The zero-order chi connectivity index (χ0) is 19.7. The van der Waals surface area contributed by atoms with Crippen molar-refractivity contribution in [1.29, 1.82) is 0 Å². The lowest BCUT2D eigenvalue weighted by Crippen LogP contribution is -2.17. The first-order valence-corrected chi connectivity index (χ1v) is 9.47. The highest BCUT2D eigenvalue weighted by Crippen LogP contribution is 2.24. The molecule has 0 bridgehead atoms. The second kappa shape index (κ2) is 7.00. The molecule has 0 aliphatic heterocycles. The first-order valence-electron chi connectivity index (χ1n) is 8.59. The Labute approximate surface area is 166 Å². The second-order valence-electron chi connectivity index (χ2n) is 6.46. The number of nitrogen functional groups attached to an aromatic ring is 1. The molecule has 3 N–H and O–H groups in total. The minimum Gasteiger partial charge on any atom is -0.382 e. The first-order chi connectivity index (χ1) is 13.4. The van der Waals surface area contributed by atoms with Crippen LogP contribution in [0.1, 0.15) is 23.3 Å². The Morgan fingerprint density at radius 3 is 2.79 bits per heavy atom. The van der Waals surface area contributed by atoms with Crippen LogP contribution in [-0.2, 0) is 5.60 Å². The van der Waals surface area contributed by atoms with Gasteiger partial charge in [-0.15, -0.1) is 11.3 Å². The number of nitrogens with zero attached hydrogens (tertiary/aromatic N) is 4. The molecule has 6 nitrogen and oxygen atoms in total. The second-order valence-corrected chi connectivity index (χ2v) is 7.36. The average molecular weight is 387 g/mol. The molecular formula is C21H17N5OS. The molecular weight excluding hydrogens is 370 g/mol. The van der Waals surface area contributed by atoms with Crippen molar-refractivity contribution in [3.63, 3.8) is 0 Å². The Kier molecular flexibility index (Phi) is 4.51. The number of aryl methyl sites for hydroxylation is 1. The molecule has 0 fully saturated rings. The summed E-state index contributed by atoms with van der Waals surface area (Å²) in [6, 6.07) is 11.4. The van der Waals surface area contributed by atoms with Gasteiger partial charge in [0.05, 0.1) is 11.2 Å². The van der Waals surface area contributed by atoms with Gasteiger partial charge in [-0.1, -0.05) is 24.0 Å². The molecule has 0 spiro atoms. The number of benzene rings is 1. The van der Waals surface area contributed by atoms with Crippen molar-refractivity contribution in [2.75, 3.05) is 5.73 Å². The van der Waals surface area contributed by atoms with Gasteiger partial charge >= 0.3 is 0 Å². The SMILES string of the molecule is Cc1nc(N)c2nc(-c3cccc(C#C[C@@](C)(O)c4nccs4)c3)ccc2n1. The van der Waals surface area contributed by atoms with Crippen LogP contribution < -0.4 is 5.73 Å². The van der Waals surface area contributed by atoms with Gasteiger partial charge in [0.25, 0.3) is 0 Å². The maximum atomic E-state index is 10.5. The van der Waals surface area contributed by atoms with Gasteiger partial charge in [0.15, 0.2) is 11.4 Å². The molecule has 0 saturated heterocycles. The molecule has 3 heterocycles. The minimum atomic E-state index is -1.30. The quantitative estimate of drug-likeness (QED) is 0.512. The highest BCUT2D eigenvalue weighted by atomic mass is 32.1. The van der Waals surface area contributed by atoms with Crippen LogP contribution in [0.4, 0.5) is 5.82 Å². The Hall–Kier alpha value is -3.34. The van der Waals surface area contributed by atoms with Crippen molar-refractivity contribution in [3.05, 3.63) is 64.4 Å². The van der Waals surface area contributed by atoms with Gasteiger partial charge in [-0.05, 0) is 38.1 Å². The predicted octanol–water partition coefficient (Wildman–Crippen LogP) is 3.30. The third kappa shape index (κ3) is 3.56. The number of fused-ring (bicyclic) bond motifs is 1. The number of aliphatic hydroxyl groups is 1. The molecule has 1 atom stereocenters. The van der Waals surface area contributed by atoms with E-state index in [2.05, 4.69) is 31.8 Å². The summed E-state index contributed by atoms with van der Waals surface area (Å²) in [6.07, 6.45) is 1.65. The van der Waals surface area contributed by atoms with Crippen LogP contribution in [0.5, 0.6) is 0 Å². The van der Waals surface area contributed by atoms with E-state index < -0.39 is 5.60 Å². The predicted molar refractivity (Wildman–Crippen MR) is 110 cm³/mol. The van der Waals surface area contributed by atoms with Crippen LogP contribution in [0, 0.1) is 18.8 Å². The first kappa shape index (κ1) is 18.0. The van der Waals surface area contributed by atoms with Crippen molar-refractivity contribution in [1.82, 2.24) is 19.9 Å². The summed E-state index contributed by atoms with van der Waals surface area (Å²) in [4.78, 5) is 17.3. The maximum absolute atomic E-state index is 10.5. The van der Waals surface area contributed by atoms with Gasteiger partial charge in [-0.3, -0.25) is 0 Å². The van der Waals surface area contributed by atoms with Gasteiger partial charge < -0.3 is 10.8 Å². The molecule has 0 radical (unpaired) electrons. The number of anilines is 1. The number of nitrogens with two attached hydrogens (primary N) is 1. The van der Waals surface area contributed by atoms with Crippen molar-refractivity contribution in [3.8, 4) is 23.1 Å². The summed E-state index contributed by atoms with van der Waals surface area (Å²) in [5.74, 6) is 6.90. The molecule has 0 amide bonds. The van der Waals surface area contributed by atoms with Gasteiger partial charge in [-0.2, -0.15) is 0 Å². The van der Waals surface area contributed by atoms with Crippen molar-refractivity contribution in [2.24, 2.45) is 0 Å². The molecule has 0 saturated carbocycles. The molecule has 3 aromatic heterocycles. The fraction of sp³-hybridized carbons (Fsp3) is 0.143. The van der Waals surface area contributed by atoms with E-state index in [9.17, 15) is 5.11 Å². The van der Waals surface area contributed by atoms with Crippen LogP contribution in [0.2, 0.25) is 0 Å². The number of hydrogen-bond acceptors (Lipinski definition) is 7. The van der Waals surface area contributed by atoms with E-state index in [1.807, 2.05) is 41.8 Å². The minimum absolute atomic E-state index is 0.361. The monoisotopic (exact) mass is 387 g/mol. The number of thiazole rings is 1. The lowest BCUT2D eigenvalue weighted by molar-refractivity contribution is 0.122. The van der Waals surface area contributed by atoms with Crippen molar-refractivity contribution < 1.29 is 5.11 Å². The van der Waals surface area contributed by atoms with Crippen LogP contribution >= 0.6 is 11.3 Å². The van der Waals surface area contributed by atoms with E-state index in [1.54, 1.807) is 20.0 Å². The fourth-order valence-corrected chi connectivity index (χ4v) is 3.44. The molecule has 7 heteroatoms. The summed E-state index contributed by atoms with van der Waals surface area (Å²) in [5, 5.41) is 12.9. The van der Waals surface area contributed by atoms with Crippen LogP contribution in [0.3, 0.4) is 0 Å². The maximum Gasteiger partial charge on any atom is 0.174 e. The fourth-order valence-electron chi connectivity index (χ4n) is 2.79. The number of aromatic nitrogens is 4. The van der Waals surface area contributed by atoms with Crippen LogP contribution in [0.15, 0.2) is 48.0 Å². The van der Waals surface area contributed by atoms with Gasteiger partial charge in [0.2, 0.25) is 0 Å². The Morgan fingerprint density at radius 2 is 2.00 bits per heavy atom. The van der Waals surface area contributed by atoms with E-state index in [0.29, 0.717) is 27.7 Å². The van der Waals surface area contributed by atoms with Gasteiger partial charge in [0, 0.05) is 22.7 Å². The molecule has 1 aromatic carbocycles. The van der Waals surface area contributed by atoms with Crippen molar-refractivity contribution in [2.45, 2.75) is 19.4 Å². The van der Waals surface area contributed by atoms with E-state index in [-0.39, 0.29) is 0 Å². The molecule has 28 heavy (non-hydrogen) atoms. The van der Waals surface area contributed by atoms with E-state index in [0.717, 1.165) is 16.8 Å². The molecule has 4 aromatic rings. The summed E-state index contributed by atoms with van der Waals surface area (Å²) < 4.78 is 0. The average Bonchev–Trinajstić information content (AvgIpc) is 3.22. The summed E-state index contributed by atoms with van der Waals surface area (Å²) >= 11 is 1.37. The Balaban J connectivity index is 1.70. The summed E-state index contributed by atoms with van der Waals surface area (Å²) in [5.41, 5.74) is 8.41. The van der Waals surface area contributed by atoms with Crippen LogP contribution in [-0.4, -0.2) is 25.0 Å². The lowest BCUT2D eigenvalue weighted by atomic mass is 10.1. The third-order valence-electron chi connectivity index (χ3n) is 4.14. The Bertz CT molecular complexity index is 1220. The molecule has 0 aliphatic rings. The third-order valence-corrected chi connectivity index (χ3v) is 5.12. The smallest absolute Gasteiger partial charge is 0.174 e. The Morgan fingerprint density at radius 1 is 1.14 bits per heavy atom. The number of rotatable bonds is 2. The van der Waals surface area contributed by atoms with E-state index >= 15 is 0 Å². The molecule has 138 valence electrons. The summed E-state index contributed by atoms with van der Waals surface area (Å²) in [7, 11) is 0. The van der Waals surface area contributed by atoms with E-state index in [1.165, 1.54) is 11.3 Å². The molecule has 0 unspecified atom stereocenters. The standard InChI is InChI=1S/C21H17N5OS/c1-13-24-17-7-6-16(26-18(17)19(22)25-13)15-5-3-4-14(12-15)8-9-21(2,27)20-23-10-11-28-20/h3-7,10-12,27H,1-2H3,(H2,22,24,25)/t21-/m1/s1. The van der Waals surface area contributed by atoms with Gasteiger partial charge in [-0.25, -0.2) is 19.9 Å². The highest BCUT2D eigenvalue weighted by molar-refractivity contribution is 7.09. The topological polar surface area (TPSA) is 97.8 Å². The number of pyridine rings is 1. The number of hydrogen-bond donors (Lipinski definition) is 2. The van der Waals surface area contributed by atoms with Crippen molar-refractivity contribution >= 4 is 28.2 Å². The normalized spacial score (nSPS) is 13.0. The zero-order valence-electron chi connectivity index (χ0n) is 15.3. The molecule has 0 aliphatic carbocycles. The van der Waals surface area contributed by atoms with E-state index in [4.69, 9.17) is 5.73 Å². The summed E-state index contributed by atoms with van der Waals surface area (Å²) in [6.45, 7) is 3.44. The highest BCUT2D eigenvalue weighted by Gasteiger charge is 2.22.